The fourth-order valence-electron chi connectivity index (χ4n) is 4.12. The molecule has 1 saturated heterocycles. The van der Waals surface area contributed by atoms with Crippen LogP contribution in [0.3, 0.4) is 0 Å². The highest BCUT2D eigenvalue weighted by molar-refractivity contribution is 6.32. The second kappa shape index (κ2) is 14.2. The van der Waals surface area contributed by atoms with Crippen LogP contribution >= 0.6 is 11.6 Å². The number of halogens is 1. The van der Waals surface area contributed by atoms with Crippen molar-refractivity contribution in [3.8, 4) is 5.69 Å². The van der Waals surface area contributed by atoms with E-state index in [2.05, 4.69) is 5.32 Å². The van der Waals surface area contributed by atoms with Crippen LogP contribution in [-0.2, 0) is 23.8 Å². The predicted molar refractivity (Wildman–Crippen MR) is 171 cm³/mol. The summed E-state index contributed by atoms with van der Waals surface area (Å²) in [5.74, 6) is -1.86. The third-order valence-electron chi connectivity index (χ3n) is 6.59. The van der Waals surface area contributed by atoms with Crippen LogP contribution in [0.2, 0.25) is 5.02 Å². The number of rotatable bonds is 8. The molecule has 0 spiro atoms. The summed E-state index contributed by atoms with van der Waals surface area (Å²) >= 11 is 6.63. The first kappa shape index (κ1) is 36.4. The van der Waals surface area contributed by atoms with E-state index < -0.39 is 47.1 Å². The van der Waals surface area contributed by atoms with Crippen LogP contribution in [0, 0.1) is 10.8 Å². The molecule has 1 aliphatic rings. The van der Waals surface area contributed by atoms with Gasteiger partial charge in [0, 0.05) is 26.2 Å². The number of hydrogen-bond donors (Lipinski definition) is 2. The van der Waals surface area contributed by atoms with E-state index in [0.29, 0.717) is 31.9 Å². The number of nitrogens with zero attached hydrogens (tertiary/aromatic N) is 5. The van der Waals surface area contributed by atoms with E-state index in [1.54, 1.807) is 91.5 Å². The molecule has 1 fully saturated rings. The lowest BCUT2D eigenvalue weighted by atomic mass is 9.97. The zero-order valence-corrected chi connectivity index (χ0v) is 28.7. The van der Waals surface area contributed by atoms with Crippen molar-refractivity contribution < 1.29 is 38.6 Å². The zero-order valence-electron chi connectivity index (χ0n) is 28.0. The molecule has 2 amide bonds. The third kappa shape index (κ3) is 9.25. The monoisotopic (exact) mass is 664 g/mol. The summed E-state index contributed by atoms with van der Waals surface area (Å²) in [5.41, 5.74) is -2.11. The van der Waals surface area contributed by atoms with Gasteiger partial charge in [0.05, 0.1) is 21.5 Å². The van der Waals surface area contributed by atoms with Crippen LogP contribution in [-0.4, -0.2) is 93.9 Å². The number of hydrogen-bond acceptors (Lipinski definition) is 11. The first-order chi connectivity index (χ1) is 21.2. The smallest absolute Gasteiger partial charge is 0.410 e. The maximum Gasteiger partial charge on any atom is 0.410 e. The molecular weight excluding hydrogens is 620 g/mol. The molecular formula is C31H45ClN6O8. The predicted octanol–water partition coefficient (Wildman–Crippen LogP) is 4.92. The number of piperazine rings is 1. The van der Waals surface area contributed by atoms with Crippen molar-refractivity contribution in [2.24, 2.45) is 10.8 Å². The average Bonchev–Trinajstić information content (AvgIpc) is 3.32. The number of ether oxygens (including phenoxy) is 3. The van der Waals surface area contributed by atoms with Gasteiger partial charge in [0.25, 0.3) is 0 Å². The molecule has 2 N–H and O–H groups in total. The number of amides is 2. The van der Waals surface area contributed by atoms with Crippen LogP contribution in [0.15, 0.2) is 24.3 Å². The summed E-state index contributed by atoms with van der Waals surface area (Å²) in [6.07, 6.45) is -0.443. The molecule has 3 rings (SSSR count). The molecule has 15 heteroatoms. The molecule has 46 heavy (non-hydrogen) atoms. The van der Waals surface area contributed by atoms with Gasteiger partial charge in [-0.15, -0.1) is 0 Å². The molecule has 2 heterocycles. The Hall–Kier alpha value is -4.04. The maximum atomic E-state index is 13.9. The van der Waals surface area contributed by atoms with E-state index in [4.69, 9.17) is 30.8 Å². The molecule has 0 aliphatic carbocycles. The minimum Gasteiger partial charge on any atom is -0.444 e. The summed E-state index contributed by atoms with van der Waals surface area (Å²) in [4.78, 5) is 59.6. The number of anilines is 2. The van der Waals surface area contributed by atoms with Crippen molar-refractivity contribution in [2.75, 3.05) is 49.9 Å². The number of imidazole rings is 1. The molecule has 0 radical (unpaired) electrons. The summed E-state index contributed by atoms with van der Waals surface area (Å²) in [6, 6.07) is 6.75. The first-order valence-corrected chi connectivity index (χ1v) is 15.3. The minimum absolute atomic E-state index is 0.0302. The first-order valence-electron chi connectivity index (χ1n) is 14.9. The van der Waals surface area contributed by atoms with Gasteiger partial charge >= 0.3 is 23.9 Å². The lowest BCUT2D eigenvalue weighted by molar-refractivity contribution is -0.173. The highest BCUT2D eigenvalue weighted by Crippen LogP contribution is 2.33. The Kier molecular flexibility index (Phi) is 11.2. The van der Waals surface area contributed by atoms with Gasteiger partial charge < -0.3 is 29.3 Å². The van der Waals surface area contributed by atoms with E-state index in [-0.39, 0.29) is 34.3 Å². The fraction of sp³-hybridized carbons (Fsp3) is 0.581. The van der Waals surface area contributed by atoms with Crippen molar-refractivity contribution in [3.05, 3.63) is 35.0 Å². The van der Waals surface area contributed by atoms with Gasteiger partial charge in [0.15, 0.2) is 25.0 Å². The second-order valence-electron chi connectivity index (χ2n) is 13.9. The fourth-order valence-corrected chi connectivity index (χ4v) is 4.34. The molecule has 0 atom stereocenters. The number of nitrogens with one attached hydrogen (secondary N) is 1. The highest BCUT2D eigenvalue weighted by atomic mass is 35.5. The van der Waals surface area contributed by atoms with Gasteiger partial charge in [0.1, 0.15) is 5.60 Å². The van der Waals surface area contributed by atoms with E-state index in [1.165, 1.54) is 4.57 Å². The largest absolute Gasteiger partial charge is 0.444 e. The average molecular weight is 665 g/mol. The summed E-state index contributed by atoms with van der Waals surface area (Å²) in [7, 11) is 0. The summed E-state index contributed by atoms with van der Waals surface area (Å²) < 4.78 is 17.5. The quantitative estimate of drug-likeness (QED) is 0.130. The second-order valence-corrected chi connectivity index (χ2v) is 14.3. The molecule has 14 nitrogen and oxygen atoms in total. The van der Waals surface area contributed by atoms with Crippen molar-refractivity contribution in [1.29, 1.82) is 0 Å². The number of carbonyl (C=O) groups is 4. The Balaban J connectivity index is 2.05. The molecule has 2 aromatic rings. The highest BCUT2D eigenvalue weighted by Gasteiger charge is 2.34. The molecule has 1 aromatic carbocycles. The third-order valence-corrected chi connectivity index (χ3v) is 6.91. The van der Waals surface area contributed by atoms with Crippen LogP contribution in [0.25, 0.3) is 5.69 Å². The number of carbonyl (C=O) groups excluding carboxylic acids is 4. The number of para-hydroxylation sites is 1. The van der Waals surface area contributed by atoms with E-state index in [0.717, 1.165) is 0 Å². The lowest BCUT2D eigenvalue weighted by Crippen LogP contribution is -2.50. The van der Waals surface area contributed by atoms with Gasteiger partial charge in [-0.25, -0.2) is 4.79 Å². The van der Waals surface area contributed by atoms with Gasteiger partial charge in [-0.2, -0.15) is 10.0 Å². The van der Waals surface area contributed by atoms with Crippen molar-refractivity contribution >= 4 is 47.3 Å². The van der Waals surface area contributed by atoms with Gasteiger partial charge in [-0.3, -0.25) is 24.2 Å². The van der Waals surface area contributed by atoms with Crippen molar-refractivity contribution in [3.63, 3.8) is 0 Å². The number of aromatic nitrogens is 2. The Morgan fingerprint density at radius 3 is 2.02 bits per heavy atom. The number of benzene rings is 1. The Morgan fingerprint density at radius 1 is 0.913 bits per heavy atom. The molecule has 0 bridgehead atoms. The van der Waals surface area contributed by atoms with E-state index in [1.807, 2.05) is 4.90 Å². The van der Waals surface area contributed by atoms with Gasteiger partial charge in [-0.1, -0.05) is 23.7 Å². The lowest BCUT2D eigenvalue weighted by Gasteiger charge is -2.36. The molecule has 1 aliphatic heterocycles. The molecule has 0 saturated carbocycles. The number of hydroxylamine groups is 2. The summed E-state index contributed by atoms with van der Waals surface area (Å²) in [5, 5.41) is 14.2. The molecule has 254 valence electrons. The van der Waals surface area contributed by atoms with E-state index >= 15 is 0 Å². The Bertz CT molecular complexity index is 1430. The van der Waals surface area contributed by atoms with Crippen LogP contribution in [0.1, 0.15) is 72.8 Å². The minimum atomic E-state index is -0.975. The molecule has 1 aromatic heterocycles. The van der Waals surface area contributed by atoms with Crippen molar-refractivity contribution in [1.82, 2.24) is 19.5 Å². The van der Waals surface area contributed by atoms with Crippen molar-refractivity contribution in [2.45, 2.75) is 67.9 Å². The maximum absolute atomic E-state index is 13.9. The van der Waals surface area contributed by atoms with Gasteiger partial charge in [-0.05, 0) is 74.4 Å². The van der Waals surface area contributed by atoms with E-state index in [9.17, 15) is 24.4 Å². The van der Waals surface area contributed by atoms with Gasteiger partial charge in [0.2, 0.25) is 5.95 Å². The van der Waals surface area contributed by atoms with Crippen LogP contribution in [0.5, 0.6) is 0 Å². The van der Waals surface area contributed by atoms with Crippen LogP contribution in [0.4, 0.5) is 16.6 Å². The Morgan fingerprint density at radius 2 is 1.48 bits per heavy atom. The Labute approximate surface area is 274 Å². The SMILES string of the molecule is CC(C)(C)OC(=O)N1CCN(c2nc(NCOC(=O)C(C)(C)C)c(C(=O)N(O)COC(=O)C(C)(C)C)n2-c2ccccc2Cl)CC1. The normalized spacial score (nSPS) is 14.1. The topological polar surface area (TPSA) is 156 Å². The molecule has 0 unspecified atom stereocenters. The van der Waals surface area contributed by atoms with Crippen LogP contribution < -0.4 is 10.2 Å². The zero-order chi connectivity index (χ0) is 34.6. The summed E-state index contributed by atoms with van der Waals surface area (Å²) in [6.45, 7) is 15.5. The standard InChI is InChI=1S/C31H45ClN6O8/c1-29(2,3)25(40)44-18-33-23-22(24(39)37(43)19-45-26(41)30(4,5)6)38(21-13-11-10-12-20(21)32)27(34-23)35-14-16-36(17-15-35)28(42)46-31(7,8)9/h10-13,33,43H,14-19H2,1-9H3. The number of esters is 2.